The van der Waals surface area contributed by atoms with Crippen molar-refractivity contribution in [2.75, 3.05) is 22.1 Å². The van der Waals surface area contributed by atoms with Gasteiger partial charge >= 0.3 is 0 Å². The average molecular weight is 390 g/mol. The molecule has 0 unspecified atom stereocenters. The van der Waals surface area contributed by atoms with E-state index in [1.807, 2.05) is 0 Å². The molecule has 2 aromatic carbocycles. The molecule has 1 aliphatic rings. The van der Waals surface area contributed by atoms with Crippen LogP contribution in [-0.4, -0.2) is 24.4 Å². The van der Waals surface area contributed by atoms with E-state index in [1.165, 1.54) is 6.07 Å². The number of anilines is 3. The highest BCUT2D eigenvalue weighted by atomic mass is 35.5. The van der Waals surface area contributed by atoms with Gasteiger partial charge in [-0.25, -0.2) is 4.39 Å². The van der Waals surface area contributed by atoms with Crippen LogP contribution >= 0.6 is 11.6 Å². The van der Waals surface area contributed by atoms with Gasteiger partial charge in [0, 0.05) is 24.3 Å². The molecule has 0 aliphatic carbocycles. The monoisotopic (exact) mass is 389 g/mol. The summed E-state index contributed by atoms with van der Waals surface area (Å²) >= 11 is 6.32. The molecule has 5 nitrogen and oxygen atoms in total. The third-order valence-electron chi connectivity index (χ3n) is 4.53. The summed E-state index contributed by atoms with van der Waals surface area (Å²) in [7, 11) is 0. The largest absolute Gasteiger partial charge is 0.374 e. The maximum atomic E-state index is 13.6. The normalized spacial score (nSPS) is 15.0. The highest BCUT2D eigenvalue weighted by Gasteiger charge is 2.24. The zero-order valence-electron chi connectivity index (χ0n) is 15.2. The fourth-order valence-corrected chi connectivity index (χ4v) is 3.24. The van der Waals surface area contributed by atoms with Crippen LogP contribution in [0.2, 0.25) is 5.02 Å². The van der Waals surface area contributed by atoms with E-state index in [1.54, 1.807) is 49.1 Å². The molecular weight excluding hydrogens is 369 g/mol. The molecule has 0 radical (unpaired) electrons. The molecule has 0 spiro atoms. The van der Waals surface area contributed by atoms with Crippen molar-refractivity contribution in [2.45, 2.75) is 32.7 Å². The minimum Gasteiger partial charge on any atom is -0.374 e. The zero-order valence-corrected chi connectivity index (χ0v) is 15.9. The van der Waals surface area contributed by atoms with Crippen LogP contribution in [0, 0.1) is 12.7 Å². The maximum Gasteiger partial charge on any atom is 0.246 e. The summed E-state index contributed by atoms with van der Waals surface area (Å²) in [6.07, 6.45) is 1.36. The molecular formula is C20H21ClFN3O2. The van der Waals surface area contributed by atoms with Gasteiger partial charge in [0.15, 0.2) is 0 Å². The van der Waals surface area contributed by atoms with Crippen LogP contribution in [0.25, 0.3) is 0 Å². The van der Waals surface area contributed by atoms with E-state index in [0.717, 1.165) is 6.42 Å². The van der Waals surface area contributed by atoms with Gasteiger partial charge in [0.2, 0.25) is 11.8 Å². The third kappa shape index (κ3) is 4.39. The van der Waals surface area contributed by atoms with Gasteiger partial charge in [-0.15, -0.1) is 0 Å². The molecule has 3 rings (SSSR count). The van der Waals surface area contributed by atoms with E-state index in [9.17, 15) is 14.0 Å². The van der Waals surface area contributed by atoms with Crippen LogP contribution in [0.15, 0.2) is 36.4 Å². The summed E-state index contributed by atoms with van der Waals surface area (Å²) in [5.41, 5.74) is 2.26. The van der Waals surface area contributed by atoms with Crippen LogP contribution in [0.4, 0.5) is 21.5 Å². The molecule has 2 aromatic rings. The number of hydrogen-bond donors (Lipinski definition) is 2. The Morgan fingerprint density at radius 3 is 2.59 bits per heavy atom. The molecule has 7 heteroatoms. The molecule has 1 heterocycles. The first-order valence-electron chi connectivity index (χ1n) is 8.78. The summed E-state index contributed by atoms with van der Waals surface area (Å²) in [5.74, 6) is -0.601. The lowest BCUT2D eigenvalue weighted by Gasteiger charge is -2.20. The number of halogens is 2. The number of nitrogens with one attached hydrogen (secondary N) is 2. The Morgan fingerprint density at radius 2 is 1.96 bits per heavy atom. The number of benzene rings is 2. The third-order valence-corrected chi connectivity index (χ3v) is 4.83. The minimum atomic E-state index is -0.565. The lowest BCUT2D eigenvalue weighted by atomic mass is 10.2. The number of nitrogens with zero attached hydrogens (tertiary/aromatic N) is 1. The first-order chi connectivity index (χ1) is 12.8. The Kier molecular flexibility index (Phi) is 5.65. The number of rotatable bonds is 5. The first kappa shape index (κ1) is 19.2. The van der Waals surface area contributed by atoms with Gasteiger partial charge in [-0.2, -0.15) is 0 Å². The standard InChI is InChI=1S/C20H21ClFN3O2/c1-12-5-6-15(11-17(12)22)24-20(27)13(2)23-14-7-8-18(16(21)10-14)25-9-3-4-19(25)26/h5-8,10-11,13,23H,3-4,9H2,1-2H3,(H,24,27)/t13-/m1/s1. The van der Waals surface area contributed by atoms with Crippen molar-refractivity contribution in [3.8, 4) is 0 Å². The Labute approximate surface area is 162 Å². The van der Waals surface area contributed by atoms with Crippen LogP contribution < -0.4 is 15.5 Å². The lowest BCUT2D eigenvalue weighted by Crippen LogP contribution is -2.32. The van der Waals surface area contributed by atoms with Crippen molar-refractivity contribution >= 4 is 40.5 Å². The van der Waals surface area contributed by atoms with Crippen LogP contribution in [0.3, 0.4) is 0 Å². The Hall–Kier alpha value is -2.60. The fourth-order valence-electron chi connectivity index (χ4n) is 2.96. The second-order valence-electron chi connectivity index (χ2n) is 6.63. The highest BCUT2D eigenvalue weighted by Crippen LogP contribution is 2.31. The Morgan fingerprint density at radius 1 is 1.22 bits per heavy atom. The van der Waals surface area contributed by atoms with Gasteiger partial charge in [-0.3, -0.25) is 9.59 Å². The second kappa shape index (κ2) is 7.96. The van der Waals surface area contributed by atoms with Crippen molar-refractivity contribution in [1.82, 2.24) is 0 Å². The van der Waals surface area contributed by atoms with Crippen molar-refractivity contribution in [3.05, 3.63) is 52.8 Å². The quantitative estimate of drug-likeness (QED) is 0.799. The topological polar surface area (TPSA) is 61.4 Å². The predicted octanol–water partition coefficient (Wildman–Crippen LogP) is 4.35. The molecule has 2 amide bonds. The van der Waals surface area contributed by atoms with Gasteiger partial charge in [-0.05, 0) is 56.2 Å². The number of carbonyl (C=O) groups excluding carboxylic acids is 2. The van der Waals surface area contributed by atoms with E-state index < -0.39 is 6.04 Å². The van der Waals surface area contributed by atoms with Crippen molar-refractivity contribution in [3.63, 3.8) is 0 Å². The van der Waals surface area contributed by atoms with Crippen molar-refractivity contribution < 1.29 is 14.0 Å². The molecule has 0 saturated carbocycles. The average Bonchev–Trinajstić information content (AvgIpc) is 3.04. The predicted molar refractivity (Wildman–Crippen MR) is 106 cm³/mol. The maximum absolute atomic E-state index is 13.6. The number of aryl methyl sites for hydroxylation is 1. The minimum absolute atomic E-state index is 0.0654. The molecule has 2 N–H and O–H groups in total. The summed E-state index contributed by atoms with van der Waals surface area (Å²) < 4.78 is 13.6. The van der Waals surface area contributed by atoms with Crippen LogP contribution in [0.5, 0.6) is 0 Å². The van der Waals surface area contributed by atoms with Crippen molar-refractivity contribution in [1.29, 1.82) is 0 Å². The molecule has 1 saturated heterocycles. The molecule has 142 valence electrons. The molecule has 0 bridgehead atoms. The van der Waals surface area contributed by atoms with Gasteiger partial charge in [0.25, 0.3) is 0 Å². The van der Waals surface area contributed by atoms with E-state index in [-0.39, 0.29) is 17.6 Å². The number of carbonyl (C=O) groups is 2. The summed E-state index contributed by atoms with van der Waals surface area (Å²) in [6, 6.07) is 9.24. The zero-order chi connectivity index (χ0) is 19.6. The smallest absolute Gasteiger partial charge is 0.246 e. The van der Waals surface area contributed by atoms with E-state index in [2.05, 4.69) is 10.6 Å². The van der Waals surface area contributed by atoms with Crippen LogP contribution in [0.1, 0.15) is 25.3 Å². The summed E-state index contributed by atoms with van der Waals surface area (Å²) in [6.45, 7) is 4.02. The lowest BCUT2D eigenvalue weighted by molar-refractivity contribution is -0.117. The molecule has 0 aromatic heterocycles. The van der Waals surface area contributed by atoms with Crippen LogP contribution in [-0.2, 0) is 9.59 Å². The molecule has 27 heavy (non-hydrogen) atoms. The van der Waals surface area contributed by atoms with E-state index in [4.69, 9.17) is 11.6 Å². The molecule has 1 fully saturated rings. The van der Waals surface area contributed by atoms with E-state index >= 15 is 0 Å². The molecule has 1 aliphatic heterocycles. The number of amides is 2. The van der Waals surface area contributed by atoms with Gasteiger partial charge in [0.1, 0.15) is 11.9 Å². The molecule has 1 atom stereocenters. The highest BCUT2D eigenvalue weighted by molar-refractivity contribution is 6.34. The van der Waals surface area contributed by atoms with E-state index in [0.29, 0.717) is 40.6 Å². The Balaban J connectivity index is 1.65. The number of hydrogen-bond acceptors (Lipinski definition) is 3. The fraction of sp³-hybridized carbons (Fsp3) is 0.300. The first-order valence-corrected chi connectivity index (χ1v) is 9.16. The van der Waals surface area contributed by atoms with Crippen molar-refractivity contribution in [2.24, 2.45) is 0 Å². The SMILES string of the molecule is Cc1ccc(NC(=O)[C@@H](C)Nc2ccc(N3CCCC3=O)c(Cl)c2)cc1F. The summed E-state index contributed by atoms with van der Waals surface area (Å²) in [4.78, 5) is 25.9. The van der Waals surface area contributed by atoms with Gasteiger partial charge in [-0.1, -0.05) is 17.7 Å². The Bertz CT molecular complexity index is 888. The van der Waals surface area contributed by atoms with Gasteiger partial charge < -0.3 is 15.5 Å². The van der Waals surface area contributed by atoms with Gasteiger partial charge in [0.05, 0.1) is 10.7 Å². The summed E-state index contributed by atoms with van der Waals surface area (Å²) in [5, 5.41) is 6.19. The second-order valence-corrected chi connectivity index (χ2v) is 7.04.